The number of pyridine rings is 1. The van der Waals surface area contributed by atoms with Gasteiger partial charge in [0, 0.05) is 11.3 Å². The zero-order valence-corrected chi connectivity index (χ0v) is 12.6. The molecule has 0 unspecified atom stereocenters. The highest BCUT2D eigenvalue weighted by atomic mass is 32.1. The monoisotopic (exact) mass is 333 g/mol. The lowest BCUT2D eigenvalue weighted by Crippen LogP contribution is -2.07. The van der Waals surface area contributed by atoms with Crippen molar-refractivity contribution in [3.63, 3.8) is 0 Å². The fourth-order valence-electron chi connectivity index (χ4n) is 1.86. The average Bonchev–Trinajstić information content (AvgIpc) is 2.78. The molecule has 21 heavy (non-hydrogen) atoms. The second kappa shape index (κ2) is 5.61. The number of rotatable bonds is 2. The molecule has 112 valence electrons. The number of thiophene rings is 1. The number of nitrogens with one attached hydrogen (secondary N) is 1. The lowest BCUT2D eigenvalue weighted by Gasteiger charge is -2.10. The summed E-state index contributed by atoms with van der Waals surface area (Å²) in [6, 6.07) is 1.79. The van der Waals surface area contributed by atoms with E-state index in [0.29, 0.717) is 11.1 Å². The van der Waals surface area contributed by atoms with Crippen LogP contribution in [0.15, 0.2) is 17.5 Å². The second-order valence-corrected chi connectivity index (χ2v) is 5.58. The van der Waals surface area contributed by atoms with Crippen LogP contribution in [0.25, 0.3) is 11.3 Å². The zero-order chi connectivity index (χ0) is 15.8. The van der Waals surface area contributed by atoms with Crippen molar-refractivity contribution in [1.82, 2.24) is 4.98 Å². The van der Waals surface area contributed by atoms with Crippen molar-refractivity contribution in [3.05, 3.63) is 38.2 Å². The number of aromatic amines is 1. The van der Waals surface area contributed by atoms with Crippen LogP contribution in [0.1, 0.15) is 20.8 Å². The Morgan fingerprint density at radius 1 is 1.38 bits per heavy atom. The van der Waals surface area contributed by atoms with Crippen LogP contribution in [0.5, 0.6) is 0 Å². The van der Waals surface area contributed by atoms with Gasteiger partial charge in [0.2, 0.25) is 0 Å². The van der Waals surface area contributed by atoms with Gasteiger partial charge in [0.1, 0.15) is 9.52 Å². The predicted molar refractivity (Wildman–Crippen MR) is 76.0 cm³/mol. The molecule has 0 amide bonds. The molecule has 0 saturated carbocycles. The molecule has 0 spiro atoms. The Kier molecular flexibility index (Phi) is 4.20. The minimum atomic E-state index is -4.51. The van der Waals surface area contributed by atoms with Crippen molar-refractivity contribution in [2.24, 2.45) is 0 Å². The molecule has 2 heterocycles. The third kappa shape index (κ3) is 3.16. The molecule has 8 heteroatoms. The molecule has 1 N–H and O–H groups in total. The highest BCUT2D eigenvalue weighted by Gasteiger charge is 2.31. The summed E-state index contributed by atoms with van der Waals surface area (Å²) in [6.07, 6.45) is -4.51. The number of aryl methyl sites for hydroxylation is 1. The van der Waals surface area contributed by atoms with Gasteiger partial charge in [0.05, 0.1) is 12.7 Å². The molecule has 0 saturated heterocycles. The van der Waals surface area contributed by atoms with E-state index in [1.54, 1.807) is 12.3 Å². The number of hydrogen-bond acceptors (Lipinski definition) is 4. The van der Waals surface area contributed by atoms with E-state index >= 15 is 0 Å². The molecule has 2 aromatic heterocycles. The van der Waals surface area contributed by atoms with Gasteiger partial charge in [0.25, 0.3) is 0 Å². The van der Waals surface area contributed by atoms with E-state index in [0.717, 1.165) is 23.5 Å². The second-order valence-electron chi connectivity index (χ2n) is 4.26. The van der Waals surface area contributed by atoms with E-state index in [-0.39, 0.29) is 15.2 Å². The highest BCUT2D eigenvalue weighted by molar-refractivity contribution is 7.71. The molecule has 0 radical (unpaired) electrons. The number of methoxy groups -OCH3 is 1. The summed E-state index contributed by atoms with van der Waals surface area (Å²) in [6.45, 7) is 1.70. The first-order chi connectivity index (χ1) is 9.74. The summed E-state index contributed by atoms with van der Waals surface area (Å²) in [5.74, 6) is -0.597. The Hall–Kier alpha value is -1.67. The lowest BCUT2D eigenvalue weighted by atomic mass is 10.1. The molecule has 0 aliphatic carbocycles. The summed E-state index contributed by atoms with van der Waals surface area (Å²) in [5, 5.41) is 1.68. The van der Waals surface area contributed by atoms with Crippen LogP contribution >= 0.6 is 23.6 Å². The van der Waals surface area contributed by atoms with Crippen LogP contribution in [0.3, 0.4) is 0 Å². The Bertz CT molecular complexity index is 747. The molecule has 3 nitrogen and oxygen atoms in total. The SMILES string of the molecule is COC(=O)c1scc(C)c1-c1cc(C(F)(F)F)cc(=S)[nH]1. The molecule has 0 aromatic carbocycles. The number of carbonyl (C=O) groups excluding carboxylic acids is 1. The van der Waals surface area contributed by atoms with Gasteiger partial charge >= 0.3 is 12.1 Å². The quantitative estimate of drug-likeness (QED) is 0.646. The minimum absolute atomic E-state index is 0.0544. The fraction of sp³-hybridized carbons (Fsp3) is 0.231. The number of ether oxygens (including phenoxy) is 1. The molecular weight excluding hydrogens is 323 g/mol. The van der Waals surface area contributed by atoms with Gasteiger partial charge in [0.15, 0.2) is 0 Å². The van der Waals surface area contributed by atoms with E-state index in [4.69, 9.17) is 12.2 Å². The first-order valence-corrected chi connectivity index (χ1v) is 7.01. The first kappa shape index (κ1) is 15.7. The summed E-state index contributed by atoms with van der Waals surface area (Å²) >= 11 is 5.96. The van der Waals surface area contributed by atoms with Crippen LogP contribution in [0.4, 0.5) is 13.2 Å². The predicted octanol–water partition coefficient (Wildman–Crippen LogP) is 4.59. The fourth-order valence-corrected chi connectivity index (χ4v) is 3.08. The summed E-state index contributed by atoms with van der Waals surface area (Å²) in [7, 11) is 1.22. The minimum Gasteiger partial charge on any atom is -0.465 e. The first-order valence-electron chi connectivity index (χ1n) is 5.72. The summed E-state index contributed by atoms with van der Waals surface area (Å²) in [5.41, 5.74) is 0.339. The van der Waals surface area contributed by atoms with Gasteiger partial charge in [-0.2, -0.15) is 13.2 Å². The van der Waals surface area contributed by atoms with Crippen molar-refractivity contribution in [1.29, 1.82) is 0 Å². The Labute approximate surface area is 127 Å². The molecule has 0 bridgehead atoms. The standard InChI is InChI=1S/C13H10F3NO2S2/c1-6-5-21-11(12(18)19-2)10(6)8-3-7(13(14,15)16)4-9(20)17-8/h3-5H,1-2H3,(H,17,20). The maximum Gasteiger partial charge on any atom is 0.416 e. The number of hydrogen-bond donors (Lipinski definition) is 1. The van der Waals surface area contributed by atoms with Crippen LogP contribution in [0, 0.1) is 11.6 Å². The average molecular weight is 333 g/mol. The van der Waals surface area contributed by atoms with Crippen molar-refractivity contribution in [3.8, 4) is 11.3 Å². The van der Waals surface area contributed by atoms with E-state index in [9.17, 15) is 18.0 Å². The Morgan fingerprint density at radius 2 is 2.05 bits per heavy atom. The van der Waals surface area contributed by atoms with Gasteiger partial charge < -0.3 is 9.72 Å². The third-order valence-electron chi connectivity index (χ3n) is 2.79. The summed E-state index contributed by atoms with van der Waals surface area (Å²) in [4.78, 5) is 14.6. The summed E-state index contributed by atoms with van der Waals surface area (Å²) < 4.78 is 43.2. The third-order valence-corrected chi connectivity index (χ3v) is 4.08. The van der Waals surface area contributed by atoms with Crippen LogP contribution in [-0.4, -0.2) is 18.1 Å². The van der Waals surface area contributed by atoms with Gasteiger partial charge in [-0.25, -0.2) is 4.79 Å². The van der Waals surface area contributed by atoms with Gasteiger partial charge in [-0.1, -0.05) is 12.2 Å². The Morgan fingerprint density at radius 3 is 2.62 bits per heavy atom. The number of alkyl halides is 3. The number of aromatic nitrogens is 1. The molecular formula is C13H10F3NO2S2. The highest BCUT2D eigenvalue weighted by Crippen LogP contribution is 2.36. The zero-order valence-electron chi connectivity index (χ0n) is 11.0. The van der Waals surface area contributed by atoms with Gasteiger partial charge in [-0.05, 0) is 30.0 Å². The largest absolute Gasteiger partial charge is 0.465 e. The number of H-pyrrole nitrogens is 1. The van der Waals surface area contributed by atoms with Crippen LogP contribution in [0.2, 0.25) is 0 Å². The van der Waals surface area contributed by atoms with E-state index < -0.39 is 17.7 Å². The Balaban J connectivity index is 2.68. The normalized spacial score (nSPS) is 11.5. The number of carbonyl (C=O) groups is 1. The molecule has 0 atom stereocenters. The maximum absolute atomic E-state index is 12.9. The van der Waals surface area contributed by atoms with Gasteiger partial charge in [-0.15, -0.1) is 11.3 Å². The smallest absolute Gasteiger partial charge is 0.416 e. The number of esters is 1. The van der Waals surface area contributed by atoms with E-state index in [1.807, 2.05) is 0 Å². The molecule has 2 aromatic rings. The molecule has 2 rings (SSSR count). The van der Waals surface area contributed by atoms with Crippen LogP contribution in [-0.2, 0) is 10.9 Å². The van der Waals surface area contributed by atoms with Gasteiger partial charge in [-0.3, -0.25) is 0 Å². The maximum atomic E-state index is 12.9. The van der Waals surface area contributed by atoms with Crippen molar-refractivity contribution in [2.75, 3.05) is 7.11 Å². The van der Waals surface area contributed by atoms with E-state index in [1.165, 1.54) is 7.11 Å². The molecule has 0 fully saturated rings. The van der Waals surface area contributed by atoms with Crippen molar-refractivity contribution in [2.45, 2.75) is 13.1 Å². The van der Waals surface area contributed by atoms with Crippen molar-refractivity contribution >= 4 is 29.5 Å². The topological polar surface area (TPSA) is 42.1 Å². The van der Waals surface area contributed by atoms with E-state index in [2.05, 4.69) is 9.72 Å². The molecule has 0 aliphatic rings. The molecule has 0 aliphatic heterocycles. The van der Waals surface area contributed by atoms with Crippen LogP contribution < -0.4 is 0 Å². The lowest BCUT2D eigenvalue weighted by molar-refractivity contribution is -0.137. The van der Waals surface area contributed by atoms with Crippen molar-refractivity contribution < 1.29 is 22.7 Å². The number of halogens is 3.